The smallest absolute Gasteiger partial charge is 0.322 e. The molecule has 0 saturated heterocycles. The first-order valence-electron chi connectivity index (χ1n) is 22.8. The van der Waals surface area contributed by atoms with Crippen molar-refractivity contribution in [2.45, 2.75) is 29.4 Å². The van der Waals surface area contributed by atoms with Crippen LogP contribution in [0.25, 0.3) is 21.5 Å². The number of hydrogen-bond donors (Lipinski definition) is 12. The zero-order valence-corrected chi connectivity index (χ0v) is 64.3. The SMILES string of the molecule is O=C(Nc1cccc(C(=O)Nc2cccc(C(=O)Nc3ccc(S(=O)(=O)O)c4cc(S(=O)(=O)O)cc(S(=O)(=O)O)c34)c2)c1)Nc1cccc(C(=O)Nc2cccc(C(=O)Nc3ccc(S(=O)(=O)O)c4cc(S(=O)(=O)O)cc(S(=O)(=O)O)c34)c2)c1.[Na+].[Na+].[Na+].[Na+].[Na+].[Na+]. The Morgan fingerprint density at radius 2 is 0.533 bits per heavy atom. The van der Waals surface area contributed by atoms with Crippen LogP contribution in [0.4, 0.5) is 38.9 Å². The predicted octanol–water partition coefficient (Wildman–Crippen LogP) is -11.8. The summed E-state index contributed by atoms with van der Waals surface area (Å²) in [5.41, 5.74) is -1.33. The van der Waals surface area contributed by atoms with Gasteiger partial charge in [-0.1, -0.05) is 24.3 Å². The summed E-state index contributed by atoms with van der Waals surface area (Å²) in [5, 5.41) is 11.5. The molecule has 0 bridgehead atoms. The van der Waals surface area contributed by atoms with Gasteiger partial charge in [-0.15, -0.1) is 0 Å². The van der Waals surface area contributed by atoms with Crippen LogP contribution in [0.3, 0.4) is 0 Å². The fourth-order valence-corrected chi connectivity index (χ4v) is 12.3. The number of carbonyl (C=O) groups excluding carboxylic acids is 5. The molecular formula is C49H36N6Na6O23S6+6. The summed E-state index contributed by atoms with van der Waals surface area (Å²) in [6.45, 7) is 0. The van der Waals surface area contributed by atoms with E-state index < -0.39 is 153 Å². The molecule has 8 aromatic rings. The van der Waals surface area contributed by atoms with Gasteiger partial charge in [0, 0.05) is 66.5 Å². The average molecular weight is 1410 g/mol. The molecule has 0 fully saturated rings. The van der Waals surface area contributed by atoms with Crippen molar-refractivity contribution < 1.29 is 279 Å². The van der Waals surface area contributed by atoms with Gasteiger partial charge in [0.15, 0.2) is 0 Å². The van der Waals surface area contributed by atoms with Gasteiger partial charge in [0.1, 0.15) is 19.6 Å². The van der Waals surface area contributed by atoms with E-state index in [1.54, 1.807) is 0 Å². The van der Waals surface area contributed by atoms with Crippen molar-refractivity contribution in [1.82, 2.24) is 0 Å². The number of carbonyl (C=O) groups is 5. The largest absolute Gasteiger partial charge is 1.00 e. The number of benzene rings is 8. The minimum absolute atomic E-state index is 0. The molecule has 0 heterocycles. The van der Waals surface area contributed by atoms with Crippen molar-refractivity contribution in [3.8, 4) is 0 Å². The van der Waals surface area contributed by atoms with Gasteiger partial charge in [-0.3, -0.25) is 46.5 Å². The molecule has 0 aromatic heterocycles. The third kappa shape index (κ3) is 20.5. The summed E-state index contributed by atoms with van der Waals surface area (Å²) in [6.07, 6.45) is 0. The summed E-state index contributed by atoms with van der Waals surface area (Å²) >= 11 is 0. The minimum Gasteiger partial charge on any atom is -0.322 e. The standard InChI is InChI=1S/C49H36N6O23S6.6Na/c56-45(50-29-9-1-7-27(17-29)47(58)54-37-13-15-39(81(67,68)69)35-21-33(79(61,62)63)23-41(43(35)37)83(73,74)75)25-5-3-11-31(19-25)52-49(60)53-32-12-4-6-26(20-32)46(57)51-30-10-2-8-28(18-30)48(59)55-38-14-16-40(82(70,71)72)36-22-34(80(64,65)66)24-42(44(36)38)84(76,77)78;;;;;;/h1-24H,(H,50,56)(H,51,57)(H,54,58)(H,55,59)(H2,52,53,60)(H,61,62,63)(H,64,65,66)(H,67,68,69)(H,70,71,72)(H,73,74,75)(H,76,77,78);;;;;;/q;6*+1. The van der Waals surface area contributed by atoms with E-state index in [-0.39, 0.29) is 222 Å². The van der Waals surface area contributed by atoms with Gasteiger partial charge >= 0.3 is 183 Å². The number of rotatable bonds is 16. The maximum atomic E-state index is 13.6. The molecule has 6 amide bonds. The zero-order chi connectivity index (χ0) is 61.6. The molecular weight excluding hydrogens is 1370 g/mol. The van der Waals surface area contributed by atoms with Crippen LogP contribution in [0.2, 0.25) is 0 Å². The van der Waals surface area contributed by atoms with E-state index in [9.17, 15) is 102 Å². The first kappa shape index (κ1) is 83.0. The molecule has 0 radical (unpaired) electrons. The first-order valence-corrected chi connectivity index (χ1v) is 31.4. The van der Waals surface area contributed by atoms with Gasteiger partial charge in [0.05, 0.1) is 21.2 Å². The van der Waals surface area contributed by atoms with Crippen molar-refractivity contribution >= 4 is 146 Å². The molecule has 90 heavy (non-hydrogen) atoms. The Labute approximate surface area is 644 Å². The minimum atomic E-state index is -5.44. The second kappa shape index (κ2) is 32.6. The van der Waals surface area contributed by atoms with E-state index in [2.05, 4.69) is 31.9 Å². The maximum absolute atomic E-state index is 13.6. The predicted molar refractivity (Wildman–Crippen MR) is 297 cm³/mol. The van der Waals surface area contributed by atoms with Crippen molar-refractivity contribution in [2.75, 3.05) is 31.9 Å². The molecule has 0 aliphatic rings. The molecule has 436 valence electrons. The van der Waals surface area contributed by atoms with E-state index in [4.69, 9.17) is 0 Å². The summed E-state index contributed by atoms with van der Waals surface area (Å²) in [5.74, 6) is -3.59. The van der Waals surface area contributed by atoms with E-state index in [1.165, 1.54) is 84.9 Å². The van der Waals surface area contributed by atoms with Crippen LogP contribution in [0.15, 0.2) is 175 Å². The van der Waals surface area contributed by atoms with Crippen LogP contribution in [0.5, 0.6) is 0 Å². The van der Waals surface area contributed by atoms with E-state index in [0.29, 0.717) is 36.4 Å². The van der Waals surface area contributed by atoms with Crippen molar-refractivity contribution in [3.05, 3.63) is 168 Å². The average Bonchev–Trinajstić information content (AvgIpc) is 1.05. The summed E-state index contributed by atoms with van der Waals surface area (Å²) in [7, 11) is -31.8. The van der Waals surface area contributed by atoms with Crippen molar-refractivity contribution in [1.29, 1.82) is 0 Å². The Morgan fingerprint density at radius 1 is 0.278 bits per heavy atom. The number of amides is 6. The van der Waals surface area contributed by atoms with Crippen LogP contribution in [0, 0.1) is 0 Å². The number of urea groups is 1. The molecule has 12 N–H and O–H groups in total. The molecule has 0 saturated carbocycles. The third-order valence-corrected chi connectivity index (χ3v) is 17.0. The number of nitrogens with one attached hydrogen (secondary N) is 6. The fraction of sp³-hybridized carbons (Fsp3) is 0. The first-order chi connectivity index (χ1) is 38.9. The van der Waals surface area contributed by atoms with Gasteiger partial charge in [-0.25, -0.2) is 4.79 Å². The molecule has 29 nitrogen and oxygen atoms in total. The summed E-state index contributed by atoms with van der Waals surface area (Å²) < 4.78 is 205. The molecule has 41 heteroatoms. The van der Waals surface area contributed by atoms with Crippen LogP contribution >= 0.6 is 0 Å². The van der Waals surface area contributed by atoms with E-state index in [1.807, 2.05) is 0 Å². The van der Waals surface area contributed by atoms with Crippen LogP contribution < -0.4 is 209 Å². The zero-order valence-electron chi connectivity index (χ0n) is 47.4. The monoisotopic (exact) mass is 1410 g/mol. The summed E-state index contributed by atoms with van der Waals surface area (Å²) in [4.78, 5) is 60.1. The van der Waals surface area contributed by atoms with Crippen LogP contribution in [-0.4, -0.2) is 107 Å². The molecule has 0 aliphatic heterocycles. The van der Waals surface area contributed by atoms with Crippen molar-refractivity contribution in [3.63, 3.8) is 0 Å². The molecule has 0 aliphatic carbocycles. The Morgan fingerprint density at radius 3 is 0.789 bits per heavy atom. The Balaban J connectivity index is 0.00000460. The second-order valence-electron chi connectivity index (χ2n) is 17.5. The number of anilines is 6. The Kier molecular flexibility index (Phi) is 30.0. The van der Waals surface area contributed by atoms with Gasteiger partial charge in [-0.05, 0) is 121 Å². The molecule has 8 aromatic carbocycles. The normalized spacial score (nSPS) is 11.4. The quantitative estimate of drug-likeness (QED) is 0.0316. The second-order valence-corrected chi connectivity index (χ2v) is 25.9. The molecule has 8 rings (SSSR count). The topological polar surface area (TPSA) is 484 Å². The van der Waals surface area contributed by atoms with Gasteiger partial charge in [-0.2, -0.15) is 50.5 Å². The number of fused-ring (bicyclic) bond motifs is 2. The number of hydrogen-bond acceptors (Lipinski definition) is 17. The van der Waals surface area contributed by atoms with Gasteiger partial charge < -0.3 is 31.9 Å². The van der Waals surface area contributed by atoms with Crippen LogP contribution in [0.1, 0.15) is 41.4 Å². The fourth-order valence-electron chi connectivity index (χ4n) is 8.19. The van der Waals surface area contributed by atoms with E-state index in [0.717, 1.165) is 24.3 Å². The van der Waals surface area contributed by atoms with Crippen LogP contribution in [-0.2, 0) is 60.7 Å². The third-order valence-electron chi connectivity index (χ3n) is 11.8. The molecule has 0 atom stereocenters. The maximum Gasteiger partial charge on any atom is 1.00 e. The van der Waals surface area contributed by atoms with Crippen molar-refractivity contribution in [2.24, 2.45) is 0 Å². The summed E-state index contributed by atoms with van der Waals surface area (Å²) in [6, 6.07) is 24.9. The molecule has 0 spiro atoms. The molecule has 0 unspecified atom stereocenters. The van der Waals surface area contributed by atoms with Gasteiger partial charge in [0.25, 0.3) is 84.3 Å². The van der Waals surface area contributed by atoms with Gasteiger partial charge in [0.2, 0.25) is 0 Å². The van der Waals surface area contributed by atoms with E-state index >= 15 is 0 Å². The Bertz CT molecular complexity index is 4630. The Hall–Kier alpha value is -3.11.